The third-order valence-corrected chi connectivity index (χ3v) is 6.48. The molecule has 1 N–H and O–H groups in total. The number of carbonyl (C=O) groups excluding carboxylic acids is 1. The first-order valence-electron chi connectivity index (χ1n) is 11.0. The molecule has 0 atom stereocenters. The Hall–Kier alpha value is -2.28. The largest absolute Gasteiger partial charge is 0.352 e. The Balaban J connectivity index is 1.43. The van der Waals surface area contributed by atoms with E-state index in [1.54, 1.807) is 0 Å². The minimum absolute atomic E-state index is 0.0345. The number of aromatic nitrogens is 1. The smallest absolute Gasteiger partial charge is 0.252 e. The zero-order chi connectivity index (χ0) is 21.6. The van der Waals surface area contributed by atoms with Gasteiger partial charge in [-0.15, -0.1) is 0 Å². The number of para-hydroxylation sites is 1. The van der Waals surface area contributed by atoms with Crippen molar-refractivity contribution in [1.29, 1.82) is 0 Å². The second kappa shape index (κ2) is 10.4. The van der Waals surface area contributed by atoms with Crippen molar-refractivity contribution in [3.8, 4) is 11.3 Å². The van der Waals surface area contributed by atoms with Gasteiger partial charge < -0.3 is 15.1 Å². The normalized spacial score (nSPS) is 15.3. The van der Waals surface area contributed by atoms with Gasteiger partial charge in [0.25, 0.3) is 5.91 Å². The van der Waals surface area contributed by atoms with Gasteiger partial charge in [-0.1, -0.05) is 53.2 Å². The fourth-order valence-corrected chi connectivity index (χ4v) is 4.33. The van der Waals surface area contributed by atoms with Gasteiger partial charge in [-0.25, -0.2) is 4.98 Å². The summed E-state index contributed by atoms with van der Waals surface area (Å²) in [4.78, 5) is 22.8. The zero-order valence-corrected chi connectivity index (χ0v) is 19.6. The predicted octanol–water partition coefficient (Wildman–Crippen LogP) is 4.42. The van der Waals surface area contributed by atoms with Crippen molar-refractivity contribution in [3.05, 3.63) is 64.6 Å². The number of hydrogen-bond acceptors (Lipinski definition) is 4. The Bertz CT molecular complexity index is 1030. The van der Waals surface area contributed by atoms with Crippen LogP contribution in [0.3, 0.4) is 0 Å². The summed E-state index contributed by atoms with van der Waals surface area (Å²) in [5.41, 5.74) is 3.32. The van der Waals surface area contributed by atoms with Crippen LogP contribution < -0.4 is 5.32 Å². The number of benzene rings is 2. The first-order valence-corrected chi connectivity index (χ1v) is 11.8. The Labute approximate surface area is 192 Å². The summed E-state index contributed by atoms with van der Waals surface area (Å²) in [6.07, 6.45) is 0.959. The molecule has 2 aromatic carbocycles. The molecule has 6 heteroatoms. The highest BCUT2D eigenvalue weighted by molar-refractivity contribution is 9.10. The maximum atomic E-state index is 13.1. The van der Waals surface area contributed by atoms with Gasteiger partial charge in [-0.3, -0.25) is 4.79 Å². The van der Waals surface area contributed by atoms with E-state index in [4.69, 9.17) is 4.98 Å². The molecule has 4 rings (SSSR count). The van der Waals surface area contributed by atoms with Crippen molar-refractivity contribution in [2.45, 2.75) is 13.3 Å². The molecule has 3 aromatic rings. The SMILES string of the molecule is CCN1CCN(CCCNC(=O)c2cc(-c3ccc(Br)cc3)nc3ccccc23)CC1. The van der Waals surface area contributed by atoms with Gasteiger partial charge in [0.1, 0.15) is 0 Å². The van der Waals surface area contributed by atoms with Crippen LogP contribution >= 0.6 is 15.9 Å². The maximum Gasteiger partial charge on any atom is 0.252 e. The molecule has 1 saturated heterocycles. The van der Waals surface area contributed by atoms with E-state index in [1.807, 2.05) is 54.6 Å². The van der Waals surface area contributed by atoms with Crippen LogP contribution in [0.25, 0.3) is 22.2 Å². The van der Waals surface area contributed by atoms with Gasteiger partial charge in [0.15, 0.2) is 0 Å². The van der Waals surface area contributed by atoms with E-state index in [0.29, 0.717) is 12.1 Å². The summed E-state index contributed by atoms with van der Waals surface area (Å²) in [5.74, 6) is -0.0345. The average Bonchev–Trinajstić information content (AvgIpc) is 2.82. The van der Waals surface area contributed by atoms with Crippen molar-refractivity contribution in [2.24, 2.45) is 0 Å². The summed E-state index contributed by atoms with van der Waals surface area (Å²) >= 11 is 3.48. The fraction of sp³-hybridized carbons (Fsp3) is 0.360. The first kappa shape index (κ1) is 21.9. The van der Waals surface area contributed by atoms with Crippen molar-refractivity contribution in [2.75, 3.05) is 45.8 Å². The van der Waals surface area contributed by atoms with Crippen LogP contribution in [0.15, 0.2) is 59.1 Å². The minimum Gasteiger partial charge on any atom is -0.352 e. The van der Waals surface area contributed by atoms with Gasteiger partial charge >= 0.3 is 0 Å². The Morgan fingerprint density at radius 3 is 2.48 bits per heavy atom. The molecular weight excluding hydrogens is 452 g/mol. The molecule has 0 radical (unpaired) electrons. The Kier molecular flexibility index (Phi) is 7.33. The molecule has 1 fully saturated rings. The summed E-state index contributed by atoms with van der Waals surface area (Å²) in [6, 6.07) is 17.8. The number of amides is 1. The van der Waals surface area contributed by atoms with Crippen LogP contribution in [0, 0.1) is 0 Å². The number of nitrogens with one attached hydrogen (secondary N) is 1. The summed E-state index contributed by atoms with van der Waals surface area (Å²) in [7, 11) is 0. The Morgan fingerprint density at radius 1 is 1.03 bits per heavy atom. The van der Waals surface area contributed by atoms with E-state index < -0.39 is 0 Å². The number of carbonyl (C=O) groups is 1. The van der Waals surface area contributed by atoms with E-state index in [1.165, 1.54) is 0 Å². The lowest BCUT2D eigenvalue weighted by molar-refractivity contribution is 0.0950. The lowest BCUT2D eigenvalue weighted by Gasteiger charge is -2.33. The third kappa shape index (κ3) is 5.50. The highest BCUT2D eigenvalue weighted by atomic mass is 79.9. The van der Waals surface area contributed by atoms with Crippen LogP contribution in [-0.2, 0) is 0 Å². The number of likely N-dealkylation sites (N-methyl/N-ethyl adjacent to an activating group) is 1. The summed E-state index contributed by atoms with van der Waals surface area (Å²) in [6.45, 7) is 9.58. The van der Waals surface area contributed by atoms with Crippen molar-refractivity contribution in [3.63, 3.8) is 0 Å². The van der Waals surface area contributed by atoms with Gasteiger partial charge in [0.05, 0.1) is 16.8 Å². The van der Waals surface area contributed by atoms with Crippen LogP contribution in [0.2, 0.25) is 0 Å². The van der Waals surface area contributed by atoms with Gasteiger partial charge in [0, 0.05) is 48.1 Å². The number of nitrogens with zero attached hydrogens (tertiary/aromatic N) is 3. The molecule has 1 aromatic heterocycles. The highest BCUT2D eigenvalue weighted by Gasteiger charge is 2.16. The second-order valence-corrected chi connectivity index (χ2v) is 8.88. The molecule has 1 amide bonds. The van der Waals surface area contributed by atoms with Crippen molar-refractivity contribution < 1.29 is 4.79 Å². The zero-order valence-electron chi connectivity index (χ0n) is 18.0. The topological polar surface area (TPSA) is 48.5 Å². The second-order valence-electron chi connectivity index (χ2n) is 7.96. The molecule has 31 heavy (non-hydrogen) atoms. The number of fused-ring (bicyclic) bond motifs is 1. The monoisotopic (exact) mass is 480 g/mol. The van der Waals surface area contributed by atoms with E-state index in [2.05, 4.69) is 38.0 Å². The van der Waals surface area contributed by atoms with Crippen LogP contribution in [0.4, 0.5) is 0 Å². The number of rotatable bonds is 7. The van der Waals surface area contributed by atoms with Gasteiger partial charge in [0.2, 0.25) is 0 Å². The predicted molar refractivity (Wildman–Crippen MR) is 130 cm³/mol. The number of pyridine rings is 1. The molecule has 0 bridgehead atoms. The van der Waals surface area contributed by atoms with E-state index >= 15 is 0 Å². The fourth-order valence-electron chi connectivity index (χ4n) is 4.06. The molecule has 0 unspecified atom stereocenters. The lowest BCUT2D eigenvalue weighted by Crippen LogP contribution is -2.46. The molecule has 5 nitrogen and oxygen atoms in total. The maximum absolute atomic E-state index is 13.1. The average molecular weight is 481 g/mol. The number of halogens is 1. The quantitative estimate of drug-likeness (QED) is 0.508. The van der Waals surface area contributed by atoms with Gasteiger partial charge in [-0.2, -0.15) is 0 Å². The van der Waals surface area contributed by atoms with Crippen LogP contribution in [0.5, 0.6) is 0 Å². The van der Waals surface area contributed by atoms with Crippen molar-refractivity contribution in [1.82, 2.24) is 20.1 Å². The van der Waals surface area contributed by atoms with Crippen LogP contribution in [-0.4, -0.2) is 66.5 Å². The molecule has 0 aliphatic carbocycles. The standard InChI is InChI=1S/C25H29BrN4O/c1-2-29-14-16-30(17-15-29)13-5-12-27-25(31)22-18-24(19-8-10-20(26)11-9-19)28-23-7-4-3-6-21(22)23/h3-4,6-11,18H,2,5,12-17H2,1H3,(H,27,31). The summed E-state index contributed by atoms with van der Waals surface area (Å²) in [5, 5.41) is 4.01. The molecule has 1 aliphatic heterocycles. The first-order chi connectivity index (χ1) is 15.1. The lowest BCUT2D eigenvalue weighted by atomic mass is 10.0. The minimum atomic E-state index is -0.0345. The van der Waals surface area contributed by atoms with Crippen LogP contribution in [0.1, 0.15) is 23.7 Å². The third-order valence-electron chi connectivity index (χ3n) is 5.95. The van der Waals surface area contributed by atoms with Gasteiger partial charge in [-0.05, 0) is 43.8 Å². The molecular formula is C25H29BrN4O. The molecule has 162 valence electrons. The number of hydrogen-bond donors (Lipinski definition) is 1. The van der Waals surface area contributed by atoms with E-state index in [-0.39, 0.29) is 5.91 Å². The highest BCUT2D eigenvalue weighted by Crippen LogP contribution is 2.26. The summed E-state index contributed by atoms with van der Waals surface area (Å²) < 4.78 is 1.02. The molecule has 0 spiro atoms. The Morgan fingerprint density at radius 2 is 1.74 bits per heavy atom. The van der Waals surface area contributed by atoms with Crippen molar-refractivity contribution >= 4 is 32.7 Å². The van der Waals surface area contributed by atoms with E-state index in [9.17, 15) is 4.79 Å². The molecule has 1 aliphatic rings. The molecule has 0 saturated carbocycles. The molecule has 2 heterocycles. The number of piperazine rings is 1. The van der Waals surface area contributed by atoms with E-state index in [0.717, 1.165) is 72.3 Å².